The van der Waals surface area contributed by atoms with Gasteiger partial charge in [0, 0.05) is 29.6 Å². The van der Waals surface area contributed by atoms with Crippen LogP contribution in [-0.4, -0.2) is 38.8 Å². The molecule has 4 rings (SSSR count). The Morgan fingerprint density at radius 1 is 1.03 bits per heavy atom. The SMILES string of the molecule is Cc1cc(OCCCP(O)O)ccc1CCc1cnc2c(N)nc3cc(CCC=O)ccc3c2c1. The highest BCUT2D eigenvalue weighted by Gasteiger charge is 2.10. The number of rotatable bonds is 11. The fourth-order valence-electron chi connectivity index (χ4n) is 4.23. The van der Waals surface area contributed by atoms with Crippen LogP contribution in [0.3, 0.4) is 0 Å². The van der Waals surface area contributed by atoms with Gasteiger partial charge in [-0.1, -0.05) is 18.2 Å². The highest BCUT2D eigenvalue weighted by atomic mass is 31.2. The van der Waals surface area contributed by atoms with E-state index in [1.165, 1.54) is 5.56 Å². The molecule has 0 amide bonds. The Hall–Kier alpha value is -3.12. The van der Waals surface area contributed by atoms with Crippen molar-refractivity contribution in [1.29, 1.82) is 0 Å². The van der Waals surface area contributed by atoms with E-state index in [9.17, 15) is 4.79 Å². The number of aldehydes is 1. The molecule has 0 aliphatic carbocycles. The minimum absolute atomic E-state index is 0.366. The number of nitrogens with two attached hydrogens (primary N) is 1. The summed E-state index contributed by atoms with van der Waals surface area (Å²) in [5.41, 5.74) is 12.3. The maximum absolute atomic E-state index is 10.7. The van der Waals surface area contributed by atoms with E-state index >= 15 is 0 Å². The number of carbonyl (C=O) groups excluding carboxylic acids is 1. The second-order valence-electron chi connectivity index (χ2n) is 8.68. The van der Waals surface area contributed by atoms with E-state index in [2.05, 4.69) is 29.0 Å². The summed E-state index contributed by atoms with van der Waals surface area (Å²) in [6.07, 6.45) is 6.65. The smallest absolute Gasteiger partial charge is 0.165 e. The summed E-state index contributed by atoms with van der Waals surface area (Å²) < 4.78 is 5.73. The van der Waals surface area contributed by atoms with E-state index in [1.807, 2.05) is 36.5 Å². The Morgan fingerprint density at radius 3 is 2.66 bits per heavy atom. The van der Waals surface area contributed by atoms with E-state index in [1.54, 1.807) is 0 Å². The average molecular weight is 492 g/mol. The summed E-state index contributed by atoms with van der Waals surface area (Å²) in [6.45, 7) is 2.54. The first kappa shape index (κ1) is 25.0. The maximum Gasteiger partial charge on any atom is 0.165 e. The van der Waals surface area contributed by atoms with Crippen molar-refractivity contribution in [3.63, 3.8) is 0 Å². The van der Waals surface area contributed by atoms with Gasteiger partial charge in [-0.15, -0.1) is 0 Å². The van der Waals surface area contributed by atoms with Crippen LogP contribution in [0.5, 0.6) is 5.75 Å². The number of ether oxygens (including phenoxy) is 1. The lowest BCUT2D eigenvalue weighted by Gasteiger charge is -2.12. The van der Waals surface area contributed by atoms with Crippen molar-refractivity contribution in [3.05, 3.63) is 70.9 Å². The number of aromatic nitrogens is 2. The molecule has 4 aromatic rings. The van der Waals surface area contributed by atoms with Crippen LogP contribution >= 0.6 is 8.38 Å². The highest BCUT2D eigenvalue weighted by Crippen LogP contribution is 2.29. The summed E-state index contributed by atoms with van der Waals surface area (Å²) in [5, 5.41) is 1.99. The zero-order chi connectivity index (χ0) is 24.8. The second kappa shape index (κ2) is 11.5. The monoisotopic (exact) mass is 491 g/mol. The minimum Gasteiger partial charge on any atom is -0.494 e. The average Bonchev–Trinajstić information content (AvgIpc) is 2.84. The molecule has 0 bridgehead atoms. The van der Waals surface area contributed by atoms with Gasteiger partial charge in [0.25, 0.3) is 0 Å². The van der Waals surface area contributed by atoms with Gasteiger partial charge in [-0.2, -0.15) is 0 Å². The van der Waals surface area contributed by atoms with E-state index in [0.29, 0.717) is 43.4 Å². The van der Waals surface area contributed by atoms with Gasteiger partial charge in [-0.3, -0.25) is 4.98 Å². The third-order valence-corrected chi connectivity index (χ3v) is 6.82. The molecule has 7 nitrogen and oxygen atoms in total. The number of hydrogen-bond donors (Lipinski definition) is 3. The van der Waals surface area contributed by atoms with Crippen LogP contribution < -0.4 is 10.5 Å². The largest absolute Gasteiger partial charge is 0.494 e. The third kappa shape index (κ3) is 6.31. The van der Waals surface area contributed by atoms with Crippen molar-refractivity contribution in [3.8, 4) is 5.75 Å². The van der Waals surface area contributed by atoms with Gasteiger partial charge in [0.2, 0.25) is 0 Å². The van der Waals surface area contributed by atoms with Crippen molar-refractivity contribution >= 4 is 42.3 Å². The number of aryl methyl sites for hydroxylation is 4. The van der Waals surface area contributed by atoms with Crippen LogP contribution in [0.4, 0.5) is 5.82 Å². The van der Waals surface area contributed by atoms with Crippen LogP contribution in [0.15, 0.2) is 48.7 Å². The molecule has 0 fully saturated rings. The molecule has 4 N–H and O–H groups in total. The second-order valence-corrected chi connectivity index (χ2v) is 9.87. The van der Waals surface area contributed by atoms with Crippen molar-refractivity contribution in [1.82, 2.24) is 9.97 Å². The topological polar surface area (TPSA) is 119 Å². The van der Waals surface area contributed by atoms with Gasteiger partial charge in [0.15, 0.2) is 14.2 Å². The number of nitrogens with zero attached hydrogens (tertiary/aromatic N) is 2. The van der Waals surface area contributed by atoms with Crippen molar-refractivity contribution < 1.29 is 19.3 Å². The number of nitrogen functional groups attached to an aromatic ring is 1. The fourth-order valence-corrected chi connectivity index (χ4v) is 4.64. The minimum atomic E-state index is -1.85. The van der Waals surface area contributed by atoms with E-state index in [-0.39, 0.29) is 0 Å². The molecule has 0 radical (unpaired) electrons. The van der Waals surface area contributed by atoms with Crippen LogP contribution in [-0.2, 0) is 24.1 Å². The number of benzene rings is 2. The molecule has 2 heterocycles. The number of pyridine rings is 2. The maximum atomic E-state index is 10.7. The number of anilines is 1. The molecule has 0 saturated heterocycles. The quantitative estimate of drug-likeness (QED) is 0.121. The van der Waals surface area contributed by atoms with Gasteiger partial charge in [-0.05, 0) is 79.1 Å². The van der Waals surface area contributed by atoms with E-state index in [4.69, 9.17) is 20.3 Å². The highest BCUT2D eigenvalue weighted by molar-refractivity contribution is 7.45. The van der Waals surface area contributed by atoms with E-state index in [0.717, 1.165) is 57.9 Å². The first-order valence-electron chi connectivity index (χ1n) is 11.7. The summed E-state index contributed by atoms with van der Waals surface area (Å²) in [7, 11) is -1.85. The van der Waals surface area contributed by atoms with Crippen molar-refractivity contribution in [2.24, 2.45) is 0 Å². The lowest BCUT2D eigenvalue weighted by atomic mass is 9.99. The number of fused-ring (bicyclic) bond motifs is 3. The Balaban J connectivity index is 1.49. The molecule has 0 spiro atoms. The lowest BCUT2D eigenvalue weighted by molar-refractivity contribution is -0.107. The Labute approximate surface area is 205 Å². The molecule has 2 aromatic heterocycles. The molecule has 2 aromatic carbocycles. The van der Waals surface area contributed by atoms with Gasteiger partial charge in [0.1, 0.15) is 17.6 Å². The molecule has 182 valence electrons. The molecule has 0 unspecified atom stereocenters. The van der Waals surface area contributed by atoms with Crippen molar-refractivity contribution in [2.75, 3.05) is 18.5 Å². The Bertz CT molecular complexity index is 1340. The molecule has 0 atom stereocenters. The number of carbonyl (C=O) groups is 1. The summed E-state index contributed by atoms with van der Waals surface area (Å²) in [5.74, 6) is 1.20. The van der Waals surface area contributed by atoms with Gasteiger partial charge in [-0.25, -0.2) is 4.98 Å². The molecule has 0 saturated carbocycles. The molecular formula is C27H30N3O4P. The molecule has 0 aliphatic rings. The summed E-state index contributed by atoms with van der Waals surface area (Å²) >= 11 is 0. The predicted octanol–water partition coefficient (Wildman–Crippen LogP) is 4.66. The van der Waals surface area contributed by atoms with Crippen LogP contribution in [0, 0.1) is 6.92 Å². The van der Waals surface area contributed by atoms with Crippen molar-refractivity contribution in [2.45, 2.75) is 39.0 Å². The molecule has 8 heteroatoms. The van der Waals surface area contributed by atoms with Gasteiger partial charge >= 0.3 is 0 Å². The fraction of sp³-hybridized carbons (Fsp3) is 0.296. The summed E-state index contributed by atoms with van der Waals surface area (Å²) in [6, 6.07) is 14.3. The summed E-state index contributed by atoms with van der Waals surface area (Å²) in [4.78, 5) is 37.9. The van der Waals surface area contributed by atoms with Gasteiger partial charge in [0.05, 0.1) is 12.1 Å². The van der Waals surface area contributed by atoms with E-state index < -0.39 is 8.38 Å². The van der Waals surface area contributed by atoms with Gasteiger partial charge < -0.3 is 25.1 Å². The first-order chi connectivity index (χ1) is 16.9. The molecule has 0 aliphatic heterocycles. The molecule has 35 heavy (non-hydrogen) atoms. The van der Waals surface area contributed by atoms with Crippen LogP contribution in [0.25, 0.3) is 21.8 Å². The standard InChI is InChI=1S/C27H30N3O4P/c1-18-14-22(34-12-3-13-35(32)33)9-8-21(18)7-5-20-15-24-23-10-6-19(4-2-11-31)16-25(23)30-27(28)26(24)29-17-20/h6,8-11,14-17,32-33H,2-5,7,12-13H2,1H3,(H2,28,30). The van der Waals surface area contributed by atoms with Crippen LogP contribution in [0.1, 0.15) is 35.1 Å². The third-order valence-electron chi connectivity index (χ3n) is 6.10. The lowest BCUT2D eigenvalue weighted by Crippen LogP contribution is -2.01. The number of hydrogen-bond acceptors (Lipinski definition) is 7. The Kier molecular flexibility index (Phi) is 8.24. The normalized spacial score (nSPS) is 11.4. The van der Waals surface area contributed by atoms with Crippen LogP contribution in [0.2, 0.25) is 0 Å². The first-order valence-corrected chi connectivity index (χ1v) is 13.2. The Morgan fingerprint density at radius 2 is 1.89 bits per heavy atom. The predicted molar refractivity (Wildman–Crippen MR) is 141 cm³/mol. The zero-order valence-corrected chi connectivity index (χ0v) is 20.7. The zero-order valence-electron chi connectivity index (χ0n) is 19.8. The molecular weight excluding hydrogens is 461 g/mol.